The molecule has 0 spiro atoms. The minimum atomic E-state index is -0.189. The van der Waals surface area contributed by atoms with Gasteiger partial charge in [0.2, 0.25) is 0 Å². The van der Waals surface area contributed by atoms with E-state index in [0.717, 1.165) is 0 Å². The van der Waals surface area contributed by atoms with E-state index in [9.17, 15) is 4.79 Å². The topological polar surface area (TPSA) is 58.7 Å². The van der Waals surface area contributed by atoms with Crippen molar-refractivity contribution >= 4 is 22.5 Å². The Hall–Kier alpha value is -2.64. The summed E-state index contributed by atoms with van der Waals surface area (Å²) in [7, 11) is 0. The first kappa shape index (κ1) is 13.3. The molecule has 102 valence electrons. The Balaban J connectivity index is 2.38. The second kappa shape index (κ2) is 5.39. The summed E-state index contributed by atoms with van der Waals surface area (Å²) >= 11 is 5.94. The highest BCUT2D eigenvalue weighted by atomic mass is 35.5. The van der Waals surface area contributed by atoms with E-state index < -0.39 is 0 Å². The van der Waals surface area contributed by atoms with Crippen LogP contribution in [0.15, 0.2) is 53.3 Å². The third-order valence-corrected chi connectivity index (χ3v) is 3.44. The highest BCUT2D eigenvalue weighted by Gasteiger charge is 2.12. The number of benzene rings is 2. The van der Waals surface area contributed by atoms with E-state index in [1.165, 1.54) is 4.57 Å². The van der Waals surface area contributed by atoms with Gasteiger partial charge in [0.1, 0.15) is 5.82 Å². The quantitative estimate of drug-likeness (QED) is 0.683. The van der Waals surface area contributed by atoms with Crippen LogP contribution in [0.25, 0.3) is 16.6 Å². The van der Waals surface area contributed by atoms with Crippen LogP contribution in [-0.2, 0) is 5.88 Å². The average molecular weight is 296 g/mol. The fraction of sp³-hybridized carbons (Fsp3) is 0.0625. The first-order chi connectivity index (χ1) is 10.2. The molecule has 0 bridgehead atoms. The molecule has 0 atom stereocenters. The van der Waals surface area contributed by atoms with Crippen molar-refractivity contribution in [2.45, 2.75) is 5.88 Å². The van der Waals surface area contributed by atoms with Crippen LogP contribution in [0.5, 0.6) is 0 Å². The Morgan fingerprint density at radius 2 is 2.00 bits per heavy atom. The lowest BCUT2D eigenvalue weighted by Crippen LogP contribution is -2.23. The molecule has 1 heterocycles. The molecule has 4 nitrogen and oxygen atoms in total. The molecule has 3 rings (SSSR count). The Morgan fingerprint density at radius 1 is 1.19 bits per heavy atom. The van der Waals surface area contributed by atoms with E-state index in [0.29, 0.717) is 28.0 Å². The lowest BCUT2D eigenvalue weighted by molar-refractivity contribution is 0.881. The van der Waals surface area contributed by atoms with Gasteiger partial charge in [-0.05, 0) is 30.3 Å². The summed E-state index contributed by atoms with van der Waals surface area (Å²) in [4.78, 5) is 17.1. The summed E-state index contributed by atoms with van der Waals surface area (Å²) in [5.41, 5.74) is 1.50. The summed E-state index contributed by atoms with van der Waals surface area (Å²) in [5, 5.41) is 9.52. The standard InChI is InChI=1S/C16H10ClN3O/c17-9-15-19-14-7-2-1-6-13(14)16(21)20(15)12-5-3-4-11(8-12)10-18/h1-8H,9H2. The highest BCUT2D eigenvalue weighted by molar-refractivity contribution is 6.16. The monoisotopic (exact) mass is 295 g/mol. The maximum Gasteiger partial charge on any atom is 0.266 e. The number of nitriles is 1. The molecule has 0 radical (unpaired) electrons. The first-order valence-electron chi connectivity index (χ1n) is 6.32. The van der Waals surface area contributed by atoms with E-state index in [1.54, 1.807) is 42.5 Å². The summed E-state index contributed by atoms with van der Waals surface area (Å²) in [6.07, 6.45) is 0. The van der Waals surface area contributed by atoms with Crippen LogP contribution in [0.3, 0.4) is 0 Å². The summed E-state index contributed by atoms with van der Waals surface area (Å²) < 4.78 is 1.45. The molecule has 0 aliphatic carbocycles. The molecule has 0 unspecified atom stereocenters. The van der Waals surface area contributed by atoms with Gasteiger partial charge in [0.15, 0.2) is 0 Å². The van der Waals surface area contributed by atoms with Crippen LogP contribution in [-0.4, -0.2) is 9.55 Å². The number of rotatable bonds is 2. The van der Waals surface area contributed by atoms with Crippen molar-refractivity contribution in [1.29, 1.82) is 5.26 Å². The van der Waals surface area contributed by atoms with Gasteiger partial charge in [-0.3, -0.25) is 9.36 Å². The molecule has 0 saturated heterocycles. The lowest BCUT2D eigenvalue weighted by Gasteiger charge is -2.12. The Kier molecular flexibility index (Phi) is 3.43. The highest BCUT2D eigenvalue weighted by Crippen LogP contribution is 2.15. The Labute approximate surface area is 125 Å². The smallest absolute Gasteiger partial charge is 0.266 e. The number of nitrogens with zero attached hydrogens (tertiary/aromatic N) is 3. The second-order valence-electron chi connectivity index (χ2n) is 4.48. The molecule has 0 saturated carbocycles. The van der Waals surface area contributed by atoms with Crippen LogP contribution in [0.1, 0.15) is 11.4 Å². The number of hydrogen-bond acceptors (Lipinski definition) is 3. The fourth-order valence-electron chi connectivity index (χ4n) is 2.25. The molecule has 0 fully saturated rings. The number of para-hydroxylation sites is 1. The van der Waals surface area contributed by atoms with Crippen molar-refractivity contribution < 1.29 is 0 Å². The molecule has 0 aliphatic heterocycles. The van der Waals surface area contributed by atoms with Gasteiger partial charge in [-0.2, -0.15) is 5.26 Å². The average Bonchev–Trinajstić information content (AvgIpc) is 2.54. The molecule has 0 N–H and O–H groups in total. The minimum absolute atomic E-state index is 0.108. The zero-order chi connectivity index (χ0) is 14.8. The number of fused-ring (bicyclic) bond motifs is 1. The van der Waals surface area contributed by atoms with Crippen molar-refractivity contribution in [2.24, 2.45) is 0 Å². The molecule has 3 aromatic rings. The summed E-state index contributed by atoms with van der Waals surface area (Å²) in [6.45, 7) is 0. The molecule has 5 heteroatoms. The number of halogens is 1. The summed E-state index contributed by atoms with van der Waals surface area (Å²) in [5.74, 6) is 0.562. The van der Waals surface area contributed by atoms with E-state index in [2.05, 4.69) is 11.1 Å². The van der Waals surface area contributed by atoms with E-state index in [1.807, 2.05) is 6.07 Å². The number of hydrogen-bond donors (Lipinski definition) is 0. The molecule has 2 aromatic carbocycles. The van der Waals surface area contributed by atoms with Crippen molar-refractivity contribution in [3.63, 3.8) is 0 Å². The van der Waals surface area contributed by atoms with E-state index in [-0.39, 0.29) is 11.4 Å². The van der Waals surface area contributed by atoms with Crippen LogP contribution >= 0.6 is 11.6 Å². The zero-order valence-electron chi connectivity index (χ0n) is 11.0. The second-order valence-corrected chi connectivity index (χ2v) is 4.75. The van der Waals surface area contributed by atoms with Crippen molar-refractivity contribution in [2.75, 3.05) is 0 Å². The summed E-state index contributed by atoms with van der Waals surface area (Å²) in [6, 6.07) is 16.0. The van der Waals surface area contributed by atoms with E-state index in [4.69, 9.17) is 16.9 Å². The van der Waals surface area contributed by atoms with Crippen molar-refractivity contribution in [3.05, 3.63) is 70.3 Å². The van der Waals surface area contributed by atoms with Crippen LogP contribution < -0.4 is 5.56 Å². The lowest BCUT2D eigenvalue weighted by atomic mass is 10.2. The molecule has 0 aliphatic rings. The number of alkyl halides is 1. The maximum absolute atomic E-state index is 12.7. The fourth-order valence-corrected chi connectivity index (χ4v) is 2.43. The van der Waals surface area contributed by atoms with Crippen molar-refractivity contribution in [1.82, 2.24) is 9.55 Å². The van der Waals surface area contributed by atoms with Gasteiger partial charge in [-0.1, -0.05) is 18.2 Å². The third-order valence-electron chi connectivity index (χ3n) is 3.20. The van der Waals surface area contributed by atoms with Gasteiger partial charge in [0, 0.05) is 0 Å². The van der Waals surface area contributed by atoms with Crippen LogP contribution in [0, 0.1) is 11.3 Å². The normalized spacial score (nSPS) is 10.5. The van der Waals surface area contributed by atoms with Crippen LogP contribution in [0.4, 0.5) is 0 Å². The SMILES string of the molecule is N#Cc1cccc(-n2c(CCl)nc3ccccc3c2=O)c1. The first-order valence-corrected chi connectivity index (χ1v) is 6.85. The number of aromatic nitrogens is 2. The predicted molar refractivity (Wildman–Crippen MR) is 81.6 cm³/mol. The van der Waals surface area contributed by atoms with Gasteiger partial charge in [0.25, 0.3) is 5.56 Å². The molecule has 0 amide bonds. The molecule has 1 aromatic heterocycles. The Morgan fingerprint density at radius 3 is 2.76 bits per heavy atom. The molecular formula is C16H10ClN3O. The van der Waals surface area contributed by atoms with Crippen molar-refractivity contribution in [3.8, 4) is 11.8 Å². The van der Waals surface area contributed by atoms with Gasteiger partial charge in [-0.15, -0.1) is 11.6 Å². The predicted octanol–water partition coefficient (Wildman–Crippen LogP) is 3.00. The molecule has 21 heavy (non-hydrogen) atoms. The maximum atomic E-state index is 12.7. The van der Waals surface area contributed by atoms with Gasteiger partial charge in [-0.25, -0.2) is 4.98 Å². The largest absolute Gasteiger partial charge is 0.268 e. The zero-order valence-corrected chi connectivity index (χ0v) is 11.7. The Bertz CT molecular complexity index is 925. The molecular weight excluding hydrogens is 286 g/mol. The van der Waals surface area contributed by atoms with Gasteiger partial charge < -0.3 is 0 Å². The van der Waals surface area contributed by atoms with Gasteiger partial charge >= 0.3 is 0 Å². The minimum Gasteiger partial charge on any atom is -0.268 e. The van der Waals surface area contributed by atoms with Gasteiger partial charge in [0.05, 0.1) is 34.1 Å². The van der Waals surface area contributed by atoms with E-state index >= 15 is 0 Å². The van der Waals surface area contributed by atoms with Crippen LogP contribution in [0.2, 0.25) is 0 Å². The third kappa shape index (κ3) is 2.28.